The molecule has 2 aliphatic heterocycles. The van der Waals surface area contributed by atoms with Crippen molar-refractivity contribution in [2.75, 3.05) is 0 Å². The first-order valence-electron chi connectivity index (χ1n) is 20.0. The molecule has 0 unspecified atom stereocenters. The SMILES string of the molecule is Clc1cc2c(Cl)c3c4nc5nc(nc6[nH]c(nc7nc(nc([nH]4)c3cc2c(Cl)c1Cl)-c1c-7cc2ccc(Cl)c(Cl)c2c1Cl)c1cc2ccccc2cc61)-c1c-5c(Cl)c2c(Cl)c(Cl)c(Cl)c(Cl)c2c1Cl. The zero-order valence-electron chi connectivity index (χ0n) is 33.4. The zero-order chi connectivity index (χ0) is 47.8. The van der Waals surface area contributed by atoms with Crippen molar-refractivity contribution >= 4 is 238 Å². The van der Waals surface area contributed by atoms with Crippen molar-refractivity contribution in [1.29, 1.82) is 0 Å². The Bertz CT molecular complexity index is 4500. The van der Waals surface area contributed by atoms with E-state index in [0.717, 1.165) is 10.8 Å². The molecule has 0 saturated heterocycles. The van der Waals surface area contributed by atoms with Gasteiger partial charge in [-0.05, 0) is 52.6 Å². The average Bonchev–Trinajstić information content (AvgIpc) is 4.07. The van der Waals surface area contributed by atoms with E-state index in [1.807, 2.05) is 48.5 Å². The molecule has 5 heterocycles. The van der Waals surface area contributed by atoms with Gasteiger partial charge in [-0.1, -0.05) is 181 Å². The highest BCUT2D eigenvalue weighted by atomic mass is 35.5. The molecule has 0 aliphatic carbocycles. The van der Waals surface area contributed by atoms with Crippen LogP contribution in [0.2, 0.25) is 65.3 Å². The molecule has 0 saturated carbocycles. The number of aromatic nitrogens is 8. The van der Waals surface area contributed by atoms with Crippen molar-refractivity contribution in [2.45, 2.75) is 0 Å². The van der Waals surface area contributed by atoms with E-state index >= 15 is 0 Å². The molecule has 3 aromatic heterocycles. The molecule has 13 rings (SSSR count). The lowest BCUT2D eigenvalue weighted by atomic mass is 10.0. The van der Waals surface area contributed by atoms with Crippen molar-refractivity contribution in [3.8, 4) is 45.6 Å². The van der Waals surface area contributed by atoms with Crippen LogP contribution in [0, 0.1) is 0 Å². The molecule has 0 atom stereocenters. The van der Waals surface area contributed by atoms with Gasteiger partial charge in [0, 0.05) is 59.6 Å². The molecule has 2 aliphatic rings. The summed E-state index contributed by atoms with van der Waals surface area (Å²) in [4.78, 5) is 37.7. The Morgan fingerprint density at radius 2 is 0.797 bits per heavy atom. The molecule has 21 heteroatoms. The van der Waals surface area contributed by atoms with Gasteiger partial charge in [-0.2, -0.15) is 0 Å². The summed E-state index contributed by atoms with van der Waals surface area (Å²) >= 11 is 90.2. The summed E-state index contributed by atoms with van der Waals surface area (Å²) < 4.78 is 0. The highest BCUT2D eigenvalue weighted by molar-refractivity contribution is 6.59. The maximum absolute atomic E-state index is 7.42. The molecule has 8 bridgehead atoms. The molecule has 336 valence electrons. The molecule has 0 radical (unpaired) electrons. The second-order valence-corrected chi connectivity index (χ2v) is 21.0. The summed E-state index contributed by atoms with van der Waals surface area (Å²) in [5, 5.41) is 8.22. The number of aromatic amines is 2. The number of nitrogens with zero attached hydrogens (tertiary/aromatic N) is 6. The van der Waals surface area contributed by atoms with Crippen molar-refractivity contribution < 1.29 is 0 Å². The van der Waals surface area contributed by atoms with Gasteiger partial charge in [0.25, 0.3) is 0 Å². The summed E-state index contributed by atoms with van der Waals surface area (Å²) in [5.74, 6) is 0.583. The Labute approximate surface area is 451 Å². The molecule has 8 aromatic carbocycles. The minimum Gasteiger partial charge on any atom is -0.324 e. The number of hydrogen-bond donors (Lipinski definition) is 2. The fraction of sp³-hybridized carbons (Fsp3) is 0. The minimum absolute atomic E-state index is 0.00402. The number of H-pyrrole nitrogens is 2. The molecular formula is C48H13Cl13N8. The normalized spacial score (nSPS) is 12.4. The van der Waals surface area contributed by atoms with E-state index in [4.69, 9.17) is 181 Å². The summed E-state index contributed by atoms with van der Waals surface area (Å²) in [6, 6.07) is 20.7. The smallest absolute Gasteiger partial charge is 0.166 e. The highest BCUT2D eigenvalue weighted by Gasteiger charge is 2.33. The van der Waals surface area contributed by atoms with Crippen LogP contribution in [0.15, 0.2) is 66.7 Å². The van der Waals surface area contributed by atoms with Crippen LogP contribution in [0.4, 0.5) is 0 Å². The van der Waals surface area contributed by atoms with E-state index in [9.17, 15) is 0 Å². The largest absolute Gasteiger partial charge is 0.324 e. The third-order valence-electron chi connectivity index (χ3n) is 12.3. The Morgan fingerprint density at radius 1 is 0.290 bits per heavy atom. The van der Waals surface area contributed by atoms with Crippen LogP contribution >= 0.6 is 151 Å². The number of rotatable bonds is 0. The lowest BCUT2D eigenvalue weighted by Crippen LogP contribution is -1.91. The van der Waals surface area contributed by atoms with Gasteiger partial charge in [-0.3, -0.25) is 0 Å². The van der Waals surface area contributed by atoms with Crippen LogP contribution in [0.25, 0.3) is 133 Å². The lowest BCUT2D eigenvalue weighted by Gasteiger charge is -2.15. The number of benzene rings is 8. The predicted molar refractivity (Wildman–Crippen MR) is 291 cm³/mol. The van der Waals surface area contributed by atoms with E-state index in [2.05, 4.69) is 9.97 Å². The fourth-order valence-electron chi connectivity index (χ4n) is 9.18. The molecular weight excluding hydrogens is 1150 g/mol. The third-order valence-corrected chi connectivity index (χ3v) is 17.7. The van der Waals surface area contributed by atoms with E-state index < -0.39 is 0 Å². The Balaban J connectivity index is 1.28. The molecule has 69 heavy (non-hydrogen) atoms. The first-order chi connectivity index (χ1) is 33.1. The van der Waals surface area contributed by atoms with Crippen molar-refractivity contribution in [3.05, 3.63) is 132 Å². The minimum atomic E-state index is -0.0317. The van der Waals surface area contributed by atoms with Crippen LogP contribution in [0.3, 0.4) is 0 Å². The topological polar surface area (TPSA) is 109 Å². The van der Waals surface area contributed by atoms with Crippen LogP contribution in [-0.4, -0.2) is 39.9 Å². The van der Waals surface area contributed by atoms with Crippen molar-refractivity contribution in [3.63, 3.8) is 0 Å². The summed E-state index contributed by atoms with van der Waals surface area (Å²) in [6.07, 6.45) is 0. The second-order valence-electron chi connectivity index (χ2n) is 16.0. The van der Waals surface area contributed by atoms with Crippen LogP contribution in [0.5, 0.6) is 0 Å². The molecule has 2 N–H and O–H groups in total. The zero-order valence-corrected chi connectivity index (χ0v) is 43.3. The number of halogens is 13. The van der Waals surface area contributed by atoms with Gasteiger partial charge in [0.05, 0.1) is 76.4 Å². The van der Waals surface area contributed by atoms with Gasteiger partial charge in [-0.15, -0.1) is 0 Å². The molecule has 0 amide bonds. The standard InChI is InChI=1S/C48H13Cl13N8/c49-21-6-5-14-9-19-25(34(55)23(14)32(21)53)46-65-43(19)63-41-17-7-12-3-1-2-4-13(12)8-18(17)42(62-41)64-47-28-29(36(57)27-26(35(28)56)37(58)39(60)40(61)38(27)59)48(69-47)68-45-24-20(44(66-45)67-46)10-15-16(30(24)51)11-22(50)33(54)31(15)52/h1-11H,(H2,62,63,64,65,66,67,68,69). The third kappa shape index (κ3) is 6.39. The molecule has 11 aromatic rings. The van der Waals surface area contributed by atoms with E-state index in [1.54, 1.807) is 18.2 Å². The molecule has 0 fully saturated rings. The Morgan fingerprint density at radius 3 is 1.42 bits per heavy atom. The number of nitrogens with one attached hydrogen (secondary N) is 2. The van der Waals surface area contributed by atoms with Gasteiger partial charge in [0.2, 0.25) is 0 Å². The van der Waals surface area contributed by atoms with Crippen LogP contribution < -0.4 is 0 Å². The maximum Gasteiger partial charge on any atom is 0.166 e. The summed E-state index contributed by atoms with van der Waals surface area (Å²) in [6.45, 7) is 0. The maximum atomic E-state index is 7.42. The van der Waals surface area contributed by atoms with Crippen molar-refractivity contribution in [2.24, 2.45) is 0 Å². The highest BCUT2D eigenvalue weighted by Crippen LogP contribution is 2.56. The van der Waals surface area contributed by atoms with Gasteiger partial charge < -0.3 is 9.97 Å². The molecule has 0 spiro atoms. The number of fused-ring (bicyclic) bond motifs is 24. The summed E-state index contributed by atoms with van der Waals surface area (Å²) in [7, 11) is 0. The molecule has 8 nitrogen and oxygen atoms in total. The monoisotopic (exact) mass is 1160 g/mol. The van der Waals surface area contributed by atoms with Crippen LogP contribution in [0.1, 0.15) is 0 Å². The van der Waals surface area contributed by atoms with E-state index in [-0.39, 0.29) is 117 Å². The van der Waals surface area contributed by atoms with E-state index in [1.165, 1.54) is 0 Å². The predicted octanol–water partition coefficient (Wildman–Crippen LogP) is 20.0. The average molecular weight is 1160 g/mol. The second kappa shape index (κ2) is 16.0. The summed E-state index contributed by atoms with van der Waals surface area (Å²) in [5.41, 5.74) is 2.67. The van der Waals surface area contributed by atoms with Gasteiger partial charge in [-0.25, -0.2) is 29.9 Å². The van der Waals surface area contributed by atoms with Gasteiger partial charge >= 0.3 is 0 Å². The Kier molecular flexibility index (Phi) is 10.4. The van der Waals surface area contributed by atoms with Crippen LogP contribution in [-0.2, 0) is 0 Å². The first kappa shape index (κ1) is 44.8. The van der Waals surface area contributed by atoms with Crippen molar-refractivity contribution in [1.82, 2.24) is 39.9 Å². The lowest BCUT2D eigenvalue weighted by molar-refractivity contribution is 1.19. The Hall–Kier alpha value is -4.07. The van der Waals surface area contributed by atoms with E-state index in [0.29, 0.717) is 70.5 Å². The van der Waals surface area contributed by atoms with Gasteiger partial charge in [0.1, 0.15) is 22.6 Å². The fourth-order valence-corrected chi connectivity index (χ4v) is 12.9. The first-order valence-corrected chi connectivity index (χ1v) is 24.9. The quantitative estimate of drug-likeness (QED) is 0.116. The number of hydrogen-bond acceptors (Lipinski definition) is 6. The van der Waals surface area contributed by atoms with Gasteiger partial charge in [0.15, 0.2) is 23.3 Å².